The summed E-state index contributed by atoms with van der Waals surface area (Å²) in [6, 6.07) is 13.4. The van der Waals surface area contributed by atoms with E-state index >= 15 is 0 Å². The number of methoxy groups -OCH3 is 2. The van der Waals surface area contributed by atoms with Crippen LogP contribution in [0.25, 0.3) is 0 Å². The van der Waals surface area contributed by atoms with Crippen molar-refractivity contribution in [2.45, 2.75) is 13.0 Å². The second-order valence-corrected chi connectivity index (χ2v) is 4.85. The molecule has 0 saturated carbocycles. The van der Waals surface area contributed by atoms with Gasteiger partial charge in [-0.05, 0) is 29.8 Å². The number of phenolic OH excluding ortho intramolecular Hbond substituents is 1. The lowest BCUT2D eigenvalue weighted by molar-refractivity contribution is -0.670. The number of para-hydroxylation sites is 1. The number of nitrogens with two attached hydrogens (primary N) is 1. The largest absolute Gasteiger partial charge is 0.507 e. The molecule has 4 heteroatoms. The van der Waals surface area contributed by atoms with Crippen LogP contribution in [-0.2, 0) is 13.0 Å². The fraction of sp³-hybridized carbons (Fsp3) is 0.294. The molecule has 0 spiro atoms. The number of ether oxygens (including phenoxy) is 2. The molecule has 3 N–H and O–H groups in total. The van der Waals surface area contributed by atoms with Crippen LogP contribution in [0.3, 0.4) is 0 Å². The molecule has 0 amide bonds. The number of quaternary nitrogens is 1. The van der Waals surface area contributed by atoms with Crippen LogP contribution in [0.15, 0.2) is 42.5 Å². The Hall–Kier alpha value is -2.20. The van der Waals surface area contributed by atoms with Gasteiger partial charge < -0.3 is 19.9 Å². The van der Waals surface area contributed by atoms with Gasteiger partial charge in [0.05, 0.1) is 20.8 Å². The van der Waals surface area contributed by atoms with Crippen LogP contribution in [0, 0.1) is 0 Å². The van der Waals surface area contributed by atoms with Crippen molar-refractivity contribution in [2.24, 2.45) is 0 Å². The molecular formula is C17H22NO3+. The molecule has 0 aliphatic heterocycles. The molecule has 2 rings (SSSR count). The molecule has 0 saturated heterocycles. The summed E-state index contributed by atoms with van der Waals surface area (Å²) >= 11 is 0. The lowest BCUT2D eigenvalue weighted by atomic mass is 10.1. The molecule has 0 bridgehead atoms. The van der Waals surface area contributed by atoms with E-state index < -0.39 is 0 Å². The zero-order chi connectivity index (χ0) is 15.1. The highest BCUT2D eigenvalue weighted by Gasteiger charge is 2.06. The maximum absolute atomic E-state index is 9.70. The molecule has 0 aliphatic carbocycles. The molecule has 2 aromatic carbocycles. The fourth-order valence-electron chi connectivity index (χ4n) is 2.25. The molecular weight excluding hydrogens is 266 g/mol. The van der Waals surface area contributed by atoms with E-state index in [-0.39, 0.29) is 0 Å². The highest BCUT2D eigenvalue weighted by Crippen LogP contribution is 2.27. The van der Waals surface area contributed by atoms with Crippen LogP contribution in [0.2, 0.25) is 0 Å². The van der Waals surface area contributed by atoms with Crippen LogP contribution in [0.1, 0.15) is 11.1 Å². The standard InChI is InChI=1S/C17H21NO3/c1-20-16-8-7-13(11-17(16)21-2)9-10-18-12-14-5-3-4-6-15(14)19/h3-8,11,18-19H,9-10,12H2,1-2H3/p+1. The second kappa shape index (κ2) is 7.55. The third-order valence-electron chi connectivity index (χ3n) is 3.44. The summed E-state index contributed by atoms with van der Waals surface area (Å²) in [5.74, 6) is 1.87. The van der Waals surface area contributed by atoms with Gasteiger partial charge in [-0.15, -0.1) is 0 Å². The Kier molecular flexibility index (Phi) is 5.46. The van der Waals surface area contributed by atoms with Crippen molar-refractivity contribution in [2.75, 3.05) is 20.8 Å². The number of phenols is 1. The highest BCUT2D eigenvalue weighted by molar-refractivity contribution is 5.42. The Labute approximate surface area is 125 Å². The summed E-state index contributed by atoms with van der Waals surface area (Å²) in [6.07, 6.45) is 0.938. The molecule has 4 nitrogen and oxygen atoms in total. The number of hydrogen-bond donors (Lipinski definition) is 2. The molecule has 2 aromatic rings. The first-order valence-electron chi connectivity index (χ1n) is 7.04. The summed E-state index contributed by atoms with van der Waals surface area (Å²) in [5, 5.41) is 11.9. The molecule has 112 valence electrons. The van der Waals surface area contributed by atoms with E-state index in [2.05, 4.69) is 11.4 Å². The average Bonchev–Trinajstić information content (AvgIpc) is 2.52. The van der Waals surface area contributed by atoms with E-state index in [0.717, 1.165) is 36.6 Å². The van der Waals surface area contributed by atoms with Gasteiger partial charge in [0.2, 0.25) is 0 Å². The molecule has 0 aromatic heterocycles. The SMILES string of the molecule is COc1ccc(CC[NH2+]Cc2ccccc2O)cc1OC. The first-order valence-corrected chi connectivity index (χ1v) is 7.04. The van der Waals surface area contributed by atoms with Gasteiger partial charge >= 0.3 is 0 Å². The Morgan fingerprint density at radius 3 is 2.48 bits per heavy atom. The third kappa shape index (κ3) is 4.13. The van der Waals surface area contributed by atoms with Crippen LogP contribution >= 0.6 is 0 Å². The van der Waals surface area contributed by atoms with Crippen molar-refractivity contribution in [1.82, 2.24) is 0 Å². The minimum absolute atomic E-state index is 0.361. The van der Waals surface area contributed by atoms with E-state index in [1.807, 2.05) is 30.3 Å². The predicted octanol–water partition coefficient (Wildman–Crippen LogP) is 1.72. The summed E-state index contributed by atoms with van der Waals surface area (Å²) in [6.45, 7) is 1.73. The predicted molar refractivity (Wildman–Crippen MR) is 81.9 cm³/mol. The zero-order valence-electron chi connectivity index (χ0n) is 12.5. The second-order valence-electron chi connectivity index (χ2n) is 4.85. The third-order valence-corrected chi connectivity index (χ3v) is 3.44. The van der Waals surface area contributed by atoms with Crippen molar-refractivity contribution >= 4 is 0 Å². The molecule has 0 atom stereocenters. The monoisotopic (exact) mass is 288 g/mol. The number of hydrogen-bond acceptors (Lipinski definition) is 3. The van der Waals surface area contributed by atoms with E-state index in [1.54, 1.807) is 20.3 Å². The van der Waals surface area contributed by atoms with Crippen LogP contribution in [0.5, 0.6) is 17.2 Å². The van der Waals surface area contributed by atoms with E-state index in [4.69, 9.17) is 9.47 Å². The topological polar surface area (TPSA) is 55.3 Å². The zero-order valence-corrected chi connectivity index (χ0v) is 12.5. The lowest BCUT2D eigenvalue weighted by Gasteiger charge is -2.09. The van der Waals surface area contributed by atoms with Crippen molar-refractivity contribution in [3.8, 4) is 17.2 Å². The summed E-state index contributed by atoms with van der Waals surface area (Å²) < 4.78 is 10.5. The lowest BCUT2D eigenvalue weighted by Crippen LogP contribution is -2.83. The summed E-state index contributed by atoms with van der Waals surface area (Å²) in [4.78, 5) is 0. The fourth-order valence-corrected chi connectivity index (χ4v) is 2.25. The smallest absolute Gasteiger partial charge is 0.160 e. The van der Waals surface area contributed by atoms with Gasteiger partial charge in [0, 0.05) is 12.0 Å². The highest BCUT2D eigenvalue weighted by atomic mass is 16.5. The van der Waals surface area contributed by atoms with E-state index in [9.17, 15) is 5.11 Å². The van der Waals surface area contributed by atoms with Gasteiger partial charge in [0.1, 0.15) is 12.3 Å². The molecule has 0 heterocycles. The number of rotatable bonds is 7. The Morgan fingerprint density at radius 1 is 1.00 bits per heavy atom. The minimum Gasteiger partial charge on any atom is -0.507 e. The Morgan fingerprint density at radius 2 is 1.76 bits per heavy atom. The number of aromatic hydroxyl groups is 1. The molecule has 0 unspecified atom stereocenters. The van der Waals surface area contributed by atoms with E-state index in [0.29, 0.717) is 5.75 Å². The van der Waals surface area contributed by atoms with Crippen molar-refractivity contribution in [1.29, 1.82) is 0 Å². The molecule has 0 radical (unpaired) electrons. The van der Waals surface area contributed by atoms with Crippen LogP contribution < -0.4 is 14.8 Å². The molecule has 21 heavy (non-hydrogen) atoms. The Bertz CT molecular complexity index is 584. The maximum Gasteiger partial charge on any atom is 0.160 e. The van der Waals surface area contributed by atoms with Crippen LogP contribution in [0.4, 0.5) is 0 Å². The first kappa shape index (κ1) is 15.2. The normalized spacial score (nSPS) is 10.4. The summed E-state index contributed by atoms with van der Waals surface area (Å²) in [7, 11) is 3.28. The van der Waals surface area contributed by atoms with Crippen molar-refractivity contribution in [3.63, 3.8) is 0 Å². The quantitative estimate of drug-likeness (QED) is 0.763. The Balaban J connectivity index is 1.85. The summed E-state index contributed by atoms with van der Waals surface area (Å²) in [5.41, 5.74) is 2.17. The van der Waals surface area contributed by atoms with Gasteiger partial charge in [0.15, 0.2) is 11.5 Å². The van der Waals surface area contributed by atoms with Gasteiger partial charge in [-0.3, -0.25) is 0 Å². The maximum atomic E-state index is 9.70. The molecule has 0 aliphatic rings. The van der Waals surface area contributed by atoms with Crippen molar-refractivity contribution < 1.29 is 19.9 Å². The van der Waals surface area contributed by atoms with Gasteiger partial charge in [-0.1, -0.05) is 18.2 Å². The number of benzene rings is 2. The van der Waals surface area contributed by atoms with Gasteiger partial charge in [-0.25, -0.2) is 0 Å². The average molecular weight is 288 g/mol. The van der Waals surface area contributed by atoms with Gasteiger partial charge in [-0.2, -0.15) is 0 Å². The minimum atomic E-state index is 0.361. The van der Waals surface area contributed by atoms with Gasteiger partial charge in [0.25, 0.3) is 0 Å². The van der Waals surface area contributed by atoms with Crippen LogP contribution in [-0.4, -0.2) is 25.9 Å². The molecule has 0 fully saturated rings. The van der Waals surface area contributed by atoms with E-state index in [1.165, 1.54) is 5.56 Å². The first-order chi connectivity index (χ1) is 10.2. The van der Waals surface area contributed by atoms with Crippen molar-refractivity contribution in [3.05, 3.63) is 53.6 Å².